The third-order valence-corrected chi connectivity index (χ3v) is 5.62. The lowest BCUT2D eigenvalue weighted by atomic mass is 10.0. The summed E-state index contributed by atoms with van der Waals surface area (Å²) >= 11 is 0. The van der Waals surface area contributed by atoms with Gasteiger partial charge in [0.05, 0.1) is 11.0 Å². The quantitative estimate of drug-likeness (QED) is 0.502. The molecule has 0 saturated carbocycles. The number of para-hydroxylation sites is 4. The number of imidazole rings is 1. The second-order valence-electron chi connectivity index (χ2n) is 7.47. The topological polar surface area (TPSA) is 38.1 Å². The van der Waals surface area contributed by atoms with Crippen molar-refractivity contribution in [3.05, 3.63) is 90.3 Å². The summed E-state index contributed by atoms with van der Waals surface area (Å²) in [7, 11) is 0. The molecule has 0 bridgehead atoms. The van der Waals surface area contributed by atoms with Crippen molar-refractivity contribution in [3.63, 3.8) is 0 Å². The Morgan fingerprint density at radius 1 is 0.897 bits per heavy atom. The molecule has 4 nitrogen and oxygen atoms in total. The minimum Gasteiger partial charge on any atom is -0.312 e. The van der Waals surface area contributed by atoms with Crippen molar-refractivity contribution in [2.75, 3.05) is 11.4 Å². The molecule has 0 N–H and O–H groups in total. The number of aromatic nitrogens is 2. The Morgan fingerprint density at radius 3 is 2.55 bits per heavy atom. The molecule has 1 aromatic heterocycles. The molecule has 1 amide bonds. The van der Waals surface area contributed by atoms with Crippen LogP contribution in [0.25, 0.3) is 16.7 Å². The summed E-state index contributed by atoms with van der Waals surface area (Å²) in [5.41, 5.74) is 5.45. The highest BCUT2D eigenvalue weighted by Gasteiger charge is 2.22. The van der Waals surface area contributed by atoms with Gasteiger partial charge in [0.2, 0.25) is 5.91 Å². The number of rotatable bonds is 4. The molecule has 4 aromatic rings. The molecule has 0 unspecified atom stereocenters. The van der Waals surface area contributed by atoms with E-state index in [4.69, 9.17) is 4.98 Å². The monoisotopic (exact) mass is 381 g/mol. The van der Waals surface area contributed by atoms with E-state index in [2.05, 4.69) is 41.0 Å². The largest absolute Gasteiger partial charge is 0.312 e. The fourth-order valence-corrected chi connectivity index (χ4v) is 4.26. The van der Waals surface area contributed by atoms with Gasteiger partial charge in [0.15, 0.2) is 0 Å². The molecule has 0 aliphatic carbocycles. The molecule has 0 atom stereocenters. The van der Waals surface area contributed by atoms with E-state index in [1.807, 2.05) is 47.4 Å². The minimum absolute atomic E-state index is 0.170. The zero-order valence-electron chi connectivity index (χ0n) is 16.3. The molecule has 5 rings (SSSR count). The maximum absolute atomic E-state index is 13.1. The summed E-state index contributed by atoms with van der Waals surface area (Å²) in [5, 5.41) is 0. The number of anilines is 1. The van der Waals surface area contributed by atoms with E-state index in [1.165, 1.54) is 5.56 Å². The molecule has 1 aliphatic rings. The summed E-state index contributed by atoms with van der Waals surface area (Å²) in [6, 6.07) is 26.6. The predicted molar refractivity (Wildman–Crippen MR) is 117 cm³/mol. The van der Waals surface area contributed by atoms with E-state index in [0.29, 0.717) is 12.8 Å². The maximum Gasteiger partial charge on any atom is 0.227 e. The molecule has 0 spiro atoms. The molecule has 0 fully saturated rings. The summed E-state index contributed by atoms with van der Waals surface area (Å²) in [4.78, 5) is 19.9. The number of carbonyl (C=O) groups excluding carboxylic acids is 1. The minimum atomic E-state index is 0.170. The van der Waals surface area contributed by atoms with E-state index >= 15 is 0 Å². The Labute approximate surface area is 170 Å². The lowest BCUT2D eigenvalue weighted by Crippen LogP contribution is -2.35. The van der Waals surface area contributed by atoms with Crippen LogP contribution in [-0.2, 0) is 17.6 Å². The Morgan fingerprint density at radius 2 is 1.66 bits per heavy atom. The number of aryl methyl sites for hydroxylation is 2. The van der Waals surface area contributed by atoms with Crippen LogP contribution in [0.4, 0.5) is 5.69 Å². The van der Waals surface area contributed by atoms with E-state index < -0.39 is 0 Å². The summed E-state index contributed by atoms with van der Waals surface area (Å²) < 4.78 is 2.17. The molecule has 144 valence electrons. The van der Waals surface area contributed by atoms with Gasteiger partial charge in [0.1, 0.15) is 5.82 Å². The zero-order chi connectivity index (χ0) is 19.6. The van der Waals surface area contributed by atoms with E-state index in [9.17, 15) is 4.79 Å². The van der Waals surface area contributed by atoms with Crippen molar-refractivity contribution in [2.24, 2.45) is 0 Å². The van der Waals surface area contributed by atoms with Gasteiger partial charge in [-0.15, -0.1) is 0 Å². The Balaban J connectivity index is 1.44. The number of nitrogens with zero attached hydrogens (tertiary/aromatic N) is 3. The Kier molecular flexibility index (Phi) is 4.60. The molecular weight excluding hydrogens is 358 g/mol. The first kappa shape index (κ1) is 17.7. The highest BCUT2D eigenvalue weighted by Crippen LogP contribution is 2.28. The van der Waals surface area contributed by atoms with Crippen LogP contribution in [0.1, 0.15) is 24.2 Å². The van der Waals surface area contributed by atoms with Crippen LogP contribution >= 0.6 is 0 Å². The normalized spacial score (nSPS) is 13.4. The third kappa shape index (κ3) is 3.31. The van der Waals surface area contributed by atoms with Crippen LogP contribution in [-0.4, -0.2) is 22.0 Å². The van der Waals surface area contributed by atoms with Crippen molar-refractivity contribution >= 4 is 22.6 Å². The van der Waals surface area contributed by atoms with Crippen LogP contribution in [0.3, 0.4) is 0 Å². The van der Waals surface area contributed by atoms with Crippen LogP contribution < -0.4 is 4.90 Å². The molecule has 4 heteroatoms. The van der Waals surface area contributed by atoms with Crippen molar-refractivity contribution < 1.29 is 4.79 Å². The van der Waals surface area contributed by atoms with E-state index in [-0.39, 0.29) is 5.91 Å². The summed E-state index contributed by atoms with van der Waals surface area (Å²) in [5.74, 6) is 1.10. The molecule has 29 heavy (non-hydrogen) atoms. The van der Waals surface area contributed by atoms with Crippen LogP contribution in [0.5, 0.6) is 0 Å². The van der Waals surface area contributed by atoms with Gasteiger partial charge in [-0.1, -0.05) is 48.5 Å². The molecule has 0 radical (unpaired) electrons. The van der Waals surface area contributed by atoms with Crippen molar-refractivity contribution in [1.29, 1.82) is 0 Å². The van der Waals surface area contributed by atoms with Gasteiger partial charge >= 0.3 is 0 Å². The summed E-state index contributed by atoms with van der Waals surface area (Å²) in [6.07, 6.45) is 3.13. The van der Waals surface area contributed by atoms with E-state index in [0.717, 1.165) is 47.6 Å². The number of carbonyl (C=O) groups is 1. The van der Waals surface area contributed by atoms with Gasteiger partial charge in [0, 0.05) is 30.8 Å². The lowest BCUT2D eigenvalue weighted by molar-refractivity contribution is -0.118. The Bertz CT molecular complexity index is 1160. The first-order valence-corrected chi connectivity index (χ1v) is 10.2. The molecule has 1 aliphatic heterocycles. The predicted octanol–water partition coefficient (Wildman–Crippen LogP) is 4.94. The van der Waals surface area contributed by atoms with Crippen LogP contribution in [0.2, 0.25) is 0 Å². The molecule has 2 heterocycles. The van der Waals surface area contributed by atoms with Crippen molar-refractivity contribution in [3.8, 4) is 5.69 Å². The van der Waals surface area contributed by atoms with Crippen LogP contribution in [0.15, 0.2) is 78.9 Å². The zero-order valence-corrected chi connectivity index (χ0v) is 16.3. The van der Waals surface area contributed by atoms with Gasteiger partial charge < -0.3 is 4.90 Å². The third-order valence-electron chi connectivity index (χ3n) is 5.62. The number of amides is 1. The number of fused-ring (bicyclic) bond motifs is 2. The SMILES string of the molecule is O=C(CCc1nc2ccccc2n1-c1ccccc1)N1CCCc2ccccc21. The van der Waals surface area contributed by atoms with Gasteiger partial charge in [-0.25, -0.2) is 4.98 Å². The smallest absolute Gasteiger partial charge is 0.227 e. The highest BCUT2D eigenvalue weighted by molar-refractivity contribution is 5.94. The van der Waals surface area contributed by atoms with Crippen LogP contribution in [0, 0.1) is 0 Å². The fraction of sp³-hybridized carbons (Fsp3) is 0.200. The van der Waals surface area contributed by atoms with Gasteiger partial charge in [0.25, 0.3) is 0 Å². The average Bonchev–Trinajstić information content (AvgIpc) is 3.16. The molecule has 3 aromatic carbocycles. The fourth-order valence-electron chi connectivity index (χ4n) is 4.26. The summed E-state index contributed by atoms with van der Waals surface area (Å²) in [6.45, 7) is 0.797. The average molecular weight is 381 g/mol. The van der Waals surface area contributed by atoms with E-state index in [1.54, 1.807) is 0 Å². The van der Waals surface area contributed by atoms with Crippen molar-refractivity contribution in [2.45, 2.75) is 25.7 Å². The maximum atomic E-state index is 13.1. The first-order chi connectivity index (χ1) is 14.3. The van der Waals surface area contributed by atoms with Gasteiger partial charge in [-0.05, 0) is 48.7 Å². The second kappa shape index (κ2) is 7.55. The van der Waals surface area contributed by atoms with Crippen molar-refractivity contribution in [1.82, 2.24) is 9.55 Å². The highest BCUT2D eigenvalue weighted by atomic mass is 16.2. The van der Waals surface area contributed by atoms with Gasteiger partial charge in [-0.3, -0.25) is 9.36 Å². The molecule has 0 saturated heterocycles. The van der Waals surface area contributed by atoms with Gasteiger partial charge in [-0.2, -0.15) is 0 Å². The Hall–Kier alpha value is -3.40. The second-order valence-corrected chi connectivity index (χ2v) is 7.47. The number of hydrogen-bond acceptors (Lipinski definition) is 2. The number of benzene rings is 3. The molecular formula is C25H23N3O. The first-order valence-electron chi connectivity index (χ1n) is 10.2. The number of hydrogen-bond donors (Lipinski definition) is 0. The lowest BCUT2D eigenvalue weighted by Gasteiger charge is -2.29. The standard InChI is InChI=1S/C25H23N3O/c29-25(27-18-8-10-19-9-4-6-14-22(19)27)17-16-24-26-21-13-5-7-15-23(21)28(24)20-11-2-1-3-12-20/h1-7,9,11-15H,8,10,16-18H2.